The predicted molar refractivity (Wildman–Crippen MR) is 88.1 cm³/mol. The minimum Gasteiger partial charge on any atom is -0.477 e. The summed E-state index contributed by atoms with van der Waals surface area (Å²) in [5.74, 6) is -0.395. The molecule has 0 radical (unpaired) electrons. The van der Waals surface area contributed by atoms with Crippen LogP contribution in [-0.2, 0) is 11.2 Å². The molecule has 0 heterocycles. The Labute approximate surface area is 138 Å². The van der Waals surface area contributed by atoms with E-state index in [9.17, 15) is 14.9 Å². The number of anilines is 1. The number of nitrogens with zero attached hydrogens (tertiary/aromatic N) is 1. The Morgan fingerprint density at radius 1 is 1.30 bits per heavy atom. The summed E-state index contributed by atoms with van der Waals surface area (Å²) in [4.78, 5) is 22.3. The number of rotatable bonds is 6. The van der Waals surface area contributed by atoms with Crippen LogP contribution in [0.4, 0.5) is 11.4 Å². The lowest BCUT2D eigenvalue weighted by atomic mass is 10.1. The number of nitro benzene ring substituents is 1. The van der Waals surface area contributed by atoms with E-state index < -0.39 is 10.8 Å². The summed E-state index contributed by atoms with van der Waals surface area (Å²) in [6, 6.07) is 11.4. The zero-order valence-corrected chi connectivity index (χ0v) is 13.2. The molecular formula is C16H15ClN2O4. The number of carbonyl (C=O) groups excluding carboxylic acids is 1. The Kier molecular flexibility index (Phi) is 5.54. The Morgan fingerprint density at radius 3 is 2.74 bits per heavy atom. The molecule has 23 heavy (non-hydrogen) atoms. The molecule has 1 amide bonds. The van der Waals surface area contributed by atoms with E-state index in [2.05, 4.69) is 5.32 Å². The van der Waals surface area contributed by atoms with Crippen LogP contribution in [0.25, 0.3) is 0 Å². The van der Waals surface area contributed by atoms with E-state index in [0.29, 0.717) is 5.69 Å². The van der Waals surface area contributed by atoms with Crippen molar-refractivity contribution in [3.05, 3.63) is 63.2 Å². The maximum absolute atomic E-state index is 12.0. The van der Waals surface area contributed by atoms with E-state index in [-0.39, 0.29) is 23.1 Å². The SMILES string of the molecule is CCc1ccccc1NC(=O)COc1ccc(Cl)cc1[N+](=O)[O-]. The molecule has 2 rings (SSSR count). The molecule has 6 nitrogen and oxygen atoms in total. The number of ether oxygens (including phenoxy) is 1. The molecule has 120 valence electrons. The molecule has 0 unspecified atom stereocenters. The average molecular weight is 335 g/mol. The number of nitrogens with one attached hydrogen (secondary N) is 1. The lowest BCUT2D eigenvalue weighted by molar-refractivity contribution is -0.385. The lowest BCUT2D eigenvalue weighted by Crippen LogP contribution is -2.21. The third-order valence-corrected chi connectivity index (χ3v) is 3.38. The van der Waals surface area contributed by atoms with Gasteiger partial charge in [0.15, 0.2) is 12.4 Å². The molecule has 0 aromatic heterocycles. The van der Waals surface area contributed by atoms with E-state index >= 15 is 0 Å². The number of hydrogen-bond donors (Lipinski definition) is 1. The van der Waals surface area contributed by atoms with E-state index in [1.165, 1.54) is 18.2 Å². The number of benzene rings is 2. The van der Waals surface area contributed by atoms with Crippen LogP contribution in [0.3, 0.4) is 0 Å². The van der Waals surface area contributed by atoms with Gasteiger partial charge >= 0.3 is 5.69 Å². The van der Waals surface area contributed by atoms with Crippen molar-refractivity contribution in [1.82, 2.24) is 0 Å². The predicted octanol–water partition coefficient (Wildman–Crippen LogP) is 3.83. The fourth-order valence-corrected chi connectivity index (χ4v) is 2.20. The smallest absolute Gasteiger partial charge is 0.312 e. The Balaban J connectivity index is 2.04. The normalized spacial score (nSPS) is 10.2. The number of aryl methyl sites for hydroxylation is 1. The molecule has 0 aliphatic rings. The summed E-state index contributed by atoms with van der Waals surface area (Å²) in [6.45, 7) is 1.65. The van der Waals surface area contributed by atoms with Crippen molar-refractivity contribution in [2.24, 2.45) is 0 Å². The summed E-state index contributed by atoms with van der Waals surface area (Å²) in [7, 11) is 0. The first-order chi connectivity index (χ1) is 11.0. The summed E-state index contributed by atoms with van der Waals surface area (Å²) >= 11 is 5.73. The van der Waals surface area contributed by atoms with Crippen molar-refractivity contribution in [3.63, 3.8) is 0 Å². The Hall–Kier alpha value is -2.60. The third-order valence-electron chi connectivity index (χ3n) is 3.15. The van der Waals surface area contributed by atoms with Gasteiger partial charge in [-0.1, -0.05) is 36.7 Å². The number of para-hydroxylation sites is 1. The second kappa shape index (κ2) is 7.60. The van der Waals surface area contributed by atoms with Gasteiger partial charge in [0.05, 0.1) is 4.92 Å². The quantitative estimate of drug-likeness (QED) is 0.643. The van der Waals surface area contributed by atoms with Gasteiger partial charge in [0.2, 0.25) is 0 Å². The van der Waals surface area contributed by atoms with Crippen molar-refractivity contribution in [2.45, 2.75) is 13.3 Å². The number of halogens is 1. The van der Waals surface area contributed by atoms with Gasteiger partial charge < -0.3 is 10.1 Å². The largest absolute Gasteiger partial charge is 0.477 e. The molecule has 0 atom stereocenters. The van der Waals surface area contributed by atoms with Gasteiger partial charge in [-0.25, -0.2) is 0 Å². The summed E-state index contributed by atoms with van der Waals surface area (Å²) < 4.78 is 5.25. The molecule has 0 spiro atoms. The van der Waals surface area contributed by atoms with Crippen molar-refractivity contribution >= 4 is 28.9 Å². The zero-order valence-electron chi connectivity index (χ0n) is 12.4. The monoisotopic (exact) mass is 334 g/mol. The summed E-state index contributed by atoms with van der Waals surface area (Å²) in [6.07, 6.45) is 0.778. The average Bonchev–Trinajstić information content (AvgIpc) is 2.54. The topological polar surface area (TPSA) is 81.5 Å². The third kappa shape index (κ3) is 4.43. The molecule has 0 saturated carbocycles. The van der Waals surface area contributed by atoms with Crippen molar-refractivity contribution in [3.8, 4) is 5.75 Å². The highest BCUT2D eigenvalue weighted by atomic mass is 35.5. The maximum atomic E-state index is 12.0. The second-order valence-corrected chi connectivity index (χ2v) is 5.15. The first-order valence-electron chi connectivity index (χ1n) is 6.95. The summed E-state index contributed by atoms with van der Waals surface area (Å²) in [5, 5.41) is 13.9. The molecule has 0 saturated heterocycles. The number of carbonyl (C=O) groups is 1. The molecule has 0 aliphatic heterocycles. The second-order valence-electron chi connectivity index (χ2n) is 4.72. The highest BCUT2D eigenvalue weighted by Gasteiger charge is 2.17. The zero-order chi connectivity index (χ0) is 16.8. The molecular weight excluding hydrogens is 320 g/mol. The number of hydrogen-bond acceptors (Lipinski definition) is 4. The molecule has 0 bridgehead atoms. The first-order valence-corrected chi connectivity index (χ1v) is 7.33. The maximum Gasteiger partial charge on any atom is 0.312 e. The van der Waals surface area contributed by atoms with E-state index in [1.807, 2.05) is 25.1 Å². The fraction of sp³-hybridized carbons (Fsp3) is 0.188. The molecule has 2 aromatic rings. The van der Waals surface area contributed by atoms with Crippen LogP contribution < -0.4 is 10.1 Å². The Morgan fingerprint density at radius 2 is 2.04 bits per heavy atom. The van der Waals surface area contributed by atoms with Gasteiger partial charge in [-0.15, -0.1) is 0 Å². The number of amides is 1. The van der Waals surface area contributed by atoms with Crippen LogP contribution >= 0.6 is 11.6 Å². The minimum absolute atomic E-state index is 0.00155. The van der Waals surface area contributed by atoms with Crippen LogP contribution in [-0.4, -0.2) is 17.4 Å². The van der Waals surface area contributed by atoms with Gasteiger partial charge in [0.1, 0.15) is 0 Å². The standard InChI is InChI=1S/C16H15ClN2O4/c1-2-11-5-3-4-6-13(11)18-16(20)10-23-15-8-7-12(17)9-14(15)19(21)22/h3-9H,2,10H2,1H3,(H,18,20). The van der Waals surface area contributed by atoms with Crippen LogP contribution in [0, 0.1) is 10.1 Å². The van der Waals surface area contributed by atoms with E-state index in [1.54, 1.807) is 6.07 Å². The van der Waals surface area contributed by atoms with Crippen LogP contribution in [0.2, 0.25) is 5.02 Å². The minimum atomic E-state index is -0.606. The van der Waals surface area contributed by atoms with Gasteiger partial charge in [0.25, 0.3) is 5.91 Å². The number of nitro groups is 1. The van der Waals surface area contributed by atoms with E-state index in [4.69, 9.17) is 16.3 Å². The van der Waals surface area contributed by atoms with E-state index in [0.717, 1.165) is 12.0 Å². The van der Waals surface area contributed by atoms with Crippen LogP contribution in [0.5, 0.6) is 5.75 Å². The fourth-order valence-electron chi connectivity index (χ4n) is 2.04. The molecule has 1 N–H and O–H groups in total. The van der Waals surface area contributed by atoms with Crippen LogP contribution in [0.1, 0.15) is 12.5 Å². The Bertz CT molecular complexity index is 734. The first kappa shape index (κ1) is 16.8. The van der Waals surface area contributed by atoms with Gasteiger partial charge in [-0.2, -0.15) is 0 Å². The molecule has 0 aliphatic carbocycles. The molecule has 0 fully saturated rings. The molecule has 2 aromatic carbocycles. The van der Waals surface area contributed by atoms with Gasteiger partial charge in [-0.3, -0.25) is 14.9 Å². The van der Waals surface area contributed by atoms with Crippen LogP contribution in [0.15, 0.2) is 42.5 Å². The van der Waals surface area contributed by atoms with Crippen molar-refractivity contribution in [2.75, 3.05) is 11.9 Å². The molecule has 7 heteroatoms. The highest BCUT2D eigenvalue weighted by molar-refractivity contribution is 6.30. The van der Waals surface area contributed by atoms with Crippen molar-refractivity contribution in [1.29, 1.82) is 0 Å². The summed E-state index contributed by atoms with van der Waals surface area (Å²) in [5.41, 5.74) is 1.42. The van der Waals surface area contributed by atoms with Gasteiger partial charge in [-0.05, 0) is 30.2 Å². The van der Waals surface area contributed by atoms with Crippen molar-refractivity contribution < 1.29 is 14.5 Å². The lowest BCUT2D eigenvalue weighted by Gasteiger charge is -2.10. The highest BCUT2D eigenvalue weighted by Crippen LogP contribution is 2.29. The van der Waals surface area contributed by atoms with Gasteiger partial charge in [0, 0.05) is 16.8 Å².